The van der Waals surface area contributed by atoms with Crippen molar-refractivity contribution in [1.82, 2.24) is 0 Å². The maximum Gasteiger partial charge on any atom is 0.306 e. The normalized spacial score (nSPS) is 10.2. The van der Waals surface area contributed by atoms with Gasteiger partial charge in [-0.25, -0.2) is 0 Å². The fraction of sp³-hybridized carbons (Fsp3) is 0. The largest absolute Gasteiger partial charge is 0.306 e. The van der Waals surface area contributed by atoms with Gasteiger partial charge in [0.1, 0.15) is 0 Å². The third-order valence-electron chi connectivity index (χ3n) is 1.60. The molecule has 0 heterocycles. The lowest BCUT2D eigenvalue weighted by Gasteiger charge is -1.99. The Balaban J connectivity index is 3.26. The molecule has 1 aromatic carbocycles. The van der Waals surface area contributed by atoms with Gasteiger partial charge < -0.3 is 0 Å². The van der Waals surface area contributed by atoms with E-state index in [9.17, 15) is 14.5 Å². The smallest absolute Gasteiger partial charge is 0.258 e. The molecule has 0 fully saturated rings. The van der Waals surface area contributed by atoms with Crippen molar-refractivity contribution < 1.29 is 9.31 Å². The van der Waals surface area contributed by atoms with Gasteiger partial charge in [-0.3, -0.25) is 10.1 Å². The Morgan fingerprint density at radius 3 is 2.80 bits per heavy atom. The number of nitrogens with zero attached hydrogens (tertiary/aromatic N) is 2. The first-order chi connectivity index (χ1) is 7.06. The van der Waals surface area contributed by atoms with Gasteiger partial charge in [0.15, 0.2) is 0 Å². The highest BCUT2D eigenvalue weighted by atomic mass is 35.5. The predicted octanol–water partition coefficient (Wildman–Crippen LogP) is 2.92. The van der Waals surface area contributed by atoms with Crippen LogP contribution in [0.1, 0.15) is 5.56 Å². The van der Waals surface area contributed by atoms with Gasteiger partial charge in [0.05, 0.1) is 16.0 Å². The third-order valence-corrected chi connectivity index (χ3v) is 1.93. The molecule has 4 nitrogen and oxygen atoms in total. The van der Waals surface area contributed by atoms with Gasteiger partial charge in [0.2, 0.25) is 5.82 Å². The molecule has 0 bridgehead atoms. The van der Waals surface area contributed by atoms with Crippen molar-refractivity contribution in [2.75, 3.05) is 0 Å². The first-order valence-corrected chi connectivity index (χ1v) is 4.13. The summed E-state index contributed by atoms with van der Waals surface area (Å²) in [5.41, 5.74) is -0.463. The van der Waals surface area contributed by atoms with E-state index in [1.54, 1.807) is 6.07 Å². The van der Waals surface area contributed by atoms with Crippen LogP contribution in [0.2, 0.25) is 5.02 Å². The number of nitro groups is 1. The van der Waals surface area contributed by atoms with Crippen LogP contribution in [0.15, 0.2) is 18.2 Å². The number of halogens is 2. The molecule has 0 aromatic heterocycles. The van der Waals surface area contributed by atoms with Crippen LogP contribution >= 0.6 is 11.6 Å². The number of allylic oxidation sites excluding steroid dienone is 1. The summed E-state index contributed by atoms with van der Waals surface area (Å²) in [6, 6.07) is 3.53. The lowest BCUT2D eigenvalue weighted by Crippen LogP contribution is -1.93. The molecular weight excluding hydrogens is 223 g/mol. The third kappa shape index (κ3) is 2.51. The highest BCUT2D eigenvalue weighted by Crippen LogP contribution is 2.26. The van der Waals surface area contributed by atoms with Crippen LogP contribution in [0.5, 0.6) is 0 Å². The summed E-state index contributed by atoms with van der Waals surface area (Å²) < 4.78 is 13.1. The Morgan fingerprint density at radius 2 is 2.27 bits per heavy atom. The van der Waals surface area contributed by atoms with E-state index in [-0.39, 0.29) is 10.6 Å². The number of rotatable bonds is 2. The summed E-state index contributed by atoms with van der Waals surface area (Å²) in [6.45, 7) is 0. The minimum Gasteiger partial charge on any atom is -0.258 e. The average Bonchev–Trinajstić information content (AvgIpc) is 2.18. The summed E-state index contributed by atoms with van der Waals surface area (Å²) in [4.78, 5) is 9.47. The van der Waals surface area contributed by atoms with Gasteiger partial charge in [0.25, 0.3) is 0 Å². The summed E-state index contributed by atoms with van der Waals surface area (Å²) in [5, 5.41) is 18.6. The maximum atomic E-state index is 13.1. The SMILES string of the molecule is N#CC=Cc1cc(F)c([N+](=O)[O-])cc1Cl. The van der Waals surface area contributed by atoms with Crippen LogP contribution in [0.3, 0.4) is 0 Å². The molecule has 1 rings (SSSR count). The lowest BCUT2D eigenvalue weighted by molar-refractivity contribution is -0.387. The Kier molecular flexibility index (Phi) is 3.37. The van der Waals surface area contributed by atoms with E-state index in [1.165, 1.54) is 6.08 Å². The molecule has 6 heteroatoms. The fourth-order valence-electron chi connectivity index (χ4n) is 0.946. The zero-order chi connectivity index (χ0) is 11.4. The minimum absolute atomic E-state index is 0.0228. The van der Waals surface area contributed by atoms with Crippen LogP contribution < -0.4 is 0 Å². The standard InChI is InChI=1S/C9H4ClFN2O2/c10-7-5-9(13(14)15)8(11)4-6(7)2-1-3-12/h1-2,4-5H. The van der Waals surface area contributed by atoms with Crippen molar-refractivity contribution in [2.45, 2.75) is 0 Å². The molecule has 15 heavy (non-hydrogen) atoms. The van der Waals surface area contributed by atoms with E-state index < -0.39 is 16.4 Å². The van der Waals surface area contributed by atoms with Gasteiger partial charge in [-0.2, -0.15) is 9.65 Å². The first kappa shape index (κ1) is 11.1. The predicted molar refractivity (Wildman–Crippen MR) is 52.7 cm³/mol. The van der Waals surface area contributed by atoms with Crippen molar-refractivity contribution in [3.05, 3.63) is 44.7 Å². The molecule has 0 atom stereocenters. The van der Waals surface area contributed by atoms with E-state index in [0.717, 1.165) is 18.2 Å². The van der Waals surface area contributed by atoms with Crippen LogP contribution in [-0.4, -0.2) is 4.92 Å². The number of nitriles is 1. The zero-order valence-electron chi connectivity index (χ0n) is 7.28. The minimum atomic E-state index is -0.984. The molecule has 0 aliphatic carbocycles. The topological polar surface area (TPSA) is 66.9 Å². The highest BCUT2D eigenvalue weighted by Gasteiger charge is 2.16. The molecule has 0 radical (unpaired) electrons. The second-order valence-electron chi connectivity index (χ2n) is 2.54. The summed E-state index contributed by atoms with van der Waals surface area (Å²) >= 11 is 5.65. The fourth-order valence-corrected chi connectivity index (χ4v) is 1.17. The van der Waals surface area contributed by atoms with Gasteiger partial charge in [-0.15, -0.1) is 0 Å². The average molecular weight is 227 g/mol. The Morgan fingerprint density at radius 1 is 1.60 bits per heavy atom. The van der Waals surface area contributed by atoms with Crippen molar-refractivity contribution in [3.63, 3.8) is 0 Å². The second kappa shape index (κ2) is 4.53. The number of hydrogen-bond acceptors (Lipinski definition) is 3. The van der Waals surface area contributed by atoms with Gasteiger partial charge in [-0.1, -0.05) is 11.6 Å². The first-order valence-electron chi connectivity index (χ1n) is 3.76. The van der Waals surface area contributed by atoms with E-state index >= 15 is 0 Å². The molecule has 76 valence electrons. The molecule has 0 spiro atoms. The Labute approximate surface area is 89.4 Å². The van der Waals surface area contributed by atoms with E-state index in [2.05, 4.69) is 0 Å². The maximum absolute atomic E-state index is 13.1. The lowest BCUT2D eigenvalue weighted by atomic mass is 10.2. The molecule has 1 aromatic rings. The Bertz CT molecular complexity index is 480. The van der Waals surface area contributed by atoms with Crippen molar-refractivity contribution in [2.24, 2.45) is 0 Å². The summed E-state index contributed by atoms with van der Waals surface area (Å²) in [7, 11) is 0. The van der Waals surface area contributed by atoms with Crippen LogP contribution in [0.4, 0.5) is 10.1 Å². The molecule has 0 saturated heterocycles. The van der Waals surface area contributed by atoms with Gasteiger partial charge in [0, 0.05) is 12.1 Å². The molecule has 0 amide bonds. The van der Waals surface area contributed by atoms with E-state index in [0.29, 0.717) is 0 Å². The molecule has 0 aliphatic rings. The highest BCUT2D eigenvalue weighted by molar-refractivity contribution is 6.32. The summed E-state index contributed by atoms with van der Waals surface area (Å²) in [5.74, 6) is -0.984. The molecule has 0 saturated carbocycles. The van der Waals surface area contributed by atoms with Crippen LogP contribution in [0, 0.1) is 27.3 Å². The number of nitro benzene ring substituents is 1. The molecule has 0 aliphatic heterocycles. The van der Waals surface area contributed by atoms with Crippen LogP contribution in [-0.2, 0) is 0 Å². The van der Waals surface area contributed by atoms with E-state index in [4.69, 9.17) is 16.9 Å². The van der Waals surface area contributed by atoms with Crippen molar-refractivity contribution in [1.29, 1.82) is 5.26 Å². The van der Waals surface area contributed by atoms with Crippen LogP contribution in [0.25, 0.3) is 6.08 Å². The van der Waals surface area contributed by atoms with E-state index in [1.807, 2.05) is 0 Å². The number of hydrogen-bond donors (Lipinski definition) is 0. The molecule has 0 unspecified atom stereocenters. The zero-order valence-corrected chi connectivity index (χ0v) is 8.03. The Hall–Kier alpha value is -1.93. The second-order valence-corrected chi connectivity index (χ2v) is 2.95. The quantitative estimate of drug-likeness (QED) is 0.442. The molecule has 0 N–H and O–H groups in total. The van der Waals surface area contributed by atoms with Gasteiger partial charge >= 0.3 is 5.69 Å². The van der Waals surface area contributed by atoms with Crippen molar-refractivity contribution >= 4 is 23.4 Å². The summed E-state index contributed by atoms with van der Waals surface area (Å²) in [6.07, 6.45) is 2.38. The number of benzene rings is 1. The van der Waals surface area contributed by atoms with Gasteiger partial charge in [-0.05, 0) is 17.7 Å². The van der Waals surface area contributed by atoms with Crippen molar-refractivity contribution in [3.8, 4) is 6.07 Å². The molecular formula is C9H4ClFN2O2. The monoisotopic (exact) mass is 226 g/mol.